The van der Waals surface area contributed by atoms with Crippen molar-refractivity contribution in [3.05, 3.63) is 18.3 Å². The second-order valence-electron chi connectivity index (χ2n) is 3.99. The number of nitrogens with one attached hydrogen (secondary N) is 1. The van der Waals surface area contributed by atoms with Crippen LogP contribution in [0.1, 0.15) is 13.3 Å². The van der Waals surface area contributed by atoms with Crippen LogP contribution >= 0.6 is 0 Å². The highest BCUT2D eigenvalue weighted by Gasteiger charge is 2.09. The molecule has 2 aromatic heterocycles. The molecule has 2 heterocycles. The van der Waals surface area contributed by atoms with Crippen molar-refractivity contribution >= 4 is 5.95 Å². The third-order valence-corrected chi connectivity index (χ3v) is 2.53. The summed E-state index contributed by atoms with van der Waals surface area (Å²) in [7, 11) is 3.09. The Balaban J connectivity index is 2.33. The molecule has 7 heteroatoms. The maximum Gasteiger partial charge on any atom is 0.321 e. The van der Waals surface area contributed by atoms with Gasteiger partial charge in [-0.2, -0.15) is 15.0 Å². The third-order valence-electron chi connectivity index (χ3n) is 2.53. The lowest BCUT2D eigenvalue weighted by molar-refractivity contribution is 0.379. The summed E-state index contributed by atoms with van der Waals surface area (Å²) in [6, 6.07) is 3.86. The molecule has 0 saturated carbocycles. The van der Waals surface area contributed by atoms with Gasteiger partial charge in [-0.05, 0) is 12.5 Å². The first-order valence-electron chi connectivity index (χ1n) is 6.31. The predicted octanol–water partition coefficient (Wildman–Crippen LogP) is 1.77. The highest BCUT2D eigenvalue weighted by Crippen LogP contribution is 2.19. The molecule has 0 amide bonds. The van der Waals surface area contributed by atoms with E-state index < -0.39 is 0 Å². The summed E-state index contributed by atoms with van der Waals surface area (Å²) in [6.45, 7) is 2.85. The average molecular weight is 275 g/mol. The van der Waals surface area contributed by atoms with Crippen LogP contribution in [0.2, 0.25) is 0 Å². The first-order valence-corrected chi connectivity index (χ1v) is 6.31. The van der Waals surface area contributed by atoms with Crippen LogP contribution in [0.4, 0.5) is 5.95 Å². The number of nitrogens with zero attached hydrogens (tertiary/aromatic N) is 4. The van der Waals surface area contributed by atoms with Gasteiger partial charge >= 0.3 is 6.01 Å². The van der Waals surface area contributed by atoms with E-state index in [0.29, 0.717) is 17.7 Å². The number of pyridine rings is 1. The molecule has 0 fully saturated rings. The van der Waals surface area contributed by atoms with E-state index in [-0.39, 0.29) is 6.01 Å². The Morgan fingerprint density at radius 2 is 1.95 bits per heavy atom. The first kappa shape index (κ1) is 14.0. The molecule has 0 aromatic carbocycles. The van der Waals surface area contributed by atoms with Crippen LogP contribution in [0.5, 0.6) is 11.9 Å². The molecular weight excluding hydrogens is 258 g/mol. The van der Waals surface area contributed by atoms with Gasteiger partial charge in [0.2, 0.25) is 11.8 Å². The number of hydrogen-bond acceptors (Lipinski definition) is 7. The van der Waals surface area contributed by atoms with Gasteiger partial charge < -0.3 is 14.8 Å². The van der Waals surface area contributed by atoms with E-state index in [1.807, 2.05) is 6.07 Å². The zero-order valence-corrected chi connectivity index (χ0v) is 11.8. The fourth-order valence-electron chi connectivity index (χ4n) is 1.53. The molecule has 0 bridgehead atoms. The minimum atomic E-state index is 0.268. The van der Waals surface area contributed by atoms with Gasteiger partial charge in [-0.1, -0.05) is 6.92 Å². The van der Waals surface area contributed by atoms with Crippen molar-refractivity contribution < 1.29 is 9.47 Å². The molecule has 0 radical (unpaired) electrons. The second kappa shape index (κ2) is 6.65. The normalized spacial score (nSPS) is 10.2. The molecule has 0 aliphatic rings. The predicted molar refractivity (Wildman–Crippen MR) is 74.9 cm³/mol. The van der Waals surface area contributed by atoms with Crippen LogP contribution in [0.25, 0.3) is 11.4 Å². The lowest BCUT2D eigenvalue weighted by Crippen LogP contribution is -2.07. The van der Waals surface area contributed by atoms with Crippen LogP contribution in [0, 0.1) is 0 Å². The molecular formula is C13H17N5O2. The van der Waals surface area contributed by atoms with Gasteiger partial charge in [-0.3, -0.25) is 0 Å². The lowest BCUT2D eigenvalue weighted by atomic mass is 10.3. The molecule has 0 saturated heterocycles. The molecule has 2 rings (SSSR count). The minimum Gasteiger partial charge on any atom is -0.481 e. The highest BCUT2D eigenvalue weighted by molar-refractivity contribution is 5.55. The molecule has 0 spiro atoms. The van der Waals surface area contributed by atoms with Gasteiger partial charge in [0.1, 0.15) is 0 Å². The van der Waals surface area contributed by atoms with Crippen LogP contribution < -0.4 is 14.8 Å². The molecule has 2 aromatic rings. The number of methoxy groups -OCH3 is 2. The standard InChI is InChI=1S/C13H17N5O2/c1-4-7-14-12-16-11(17-13(18-12)20-3)9-5-6-10(19-2)15-8-9/h5-6,8H,4,7H2,1-3H3,(H,14,16,17,18). The van der Waals surface area contributed by atoms with E-state index in [1.54, 1.807) is 19.4 Å². The summed E-state index contributed by atoms with van der Waals surface area (Å²) in [5.41, 5.74) is 0.769. The summed E-state index contributed by atoms with van der Waals surface area (Å²) >= 11 is 0. The minimum absolute atomic E-state index is 0.268. The summed E-state index contributed by atoms with van der Waals surface area (Å²) in [6.07, 6.45) is 2.63. The van der Waals surface area contributed by atoms with Gasteiger partial charge in [0.25, 0.3) is 0 Å². The zero-order chi connectivity index (χ0) is 14.4. The molecule has 0 atom stereocenters. The zero-order valence-electron chi connectivity index (χ0n) is 11.8. The lowest BCUT2D eigenvalue weighted by Gasteiger charge is -2.07. The van der Waals surface area contributed by atoms with E-state index in [1.165, 1.54) is 7.11 Å². The van der Waals surface area contributed by atoms with Crippen molar-refractivity contribution in [2.45, 2.75) is 13.3 Å². The first-order chi connectivity index (χ1) is 9.76. The average Bonchev–Trinajstić information content (AvgIpc) is 2.52. The highest BCUT2D eigenvalue weighted by atomic mass is 16.5. The fraction of sp³-hybridized carbons (Fsp3) is 0.385. The Morgan fingerprint density at radius 3 is 2.55 bits per heavy atom. The van der Waals surface area contributed by atoms with Gasteiger partial charge in [-0.25, -0.2) is 4.98 Å². The third kappa shape index (κ3) is 3.31. The fourth-order valence-corrected chi connectivity index (χ4v) is 1.53. The van der Waals surface area contributed by atoms with Crippen LogP contribution in [0.15, 0.2) is 18.3 Å². The molecule has 20 heavy (non-hydrogen) atoms. The Labute approximate surface area is 117 Å². The van der Waals surface area contributed by atoms with Crippen LogP contribution in [-0.4, -0.2) is 40.7 Å². The van der Waals surface area contributed by atoms with Crippen molar-refractivity contribution in [3.63, 3.8) is 0 Å². The van der Waals surface area contributed by atoms with E-state index in [4.69, 9.17) is 9.47 Å². The van der Waals surface area contributed by atoms with Gasteiger partial charge in [0.05, 0.1) is 14.2 Å². The Kier molecular flexibility index (Phi) is 4.65. The SMILES string of the molecule is CCCNc1nc(OC)nc(-c2ccc(OC)nc2)n1. The molecule has 1 N–H and O–H groups in total. The summed E-state index contributed by atoms with van der Waals surface area (Å²) in [5.74, 6) is 1.54. The number of rotatable bonds is 6. The number of aromatic nitrogens is 4. The molecule has 0 aliphatic carbocycles. The summed E-state index contributed by atoms with van der Waals surface area (Å²) in [5, 5.41) is 3.11. The van der Waals surface area contributed by atoms with E-state index in [9.17, 15) is 0 Å². The Bertz CT molecular complexity index is 559. The Morgan fingerprint density at radius 1 is 1.10 bits per heavy atom. The maximum absolute atomic E-state index is 5.09. The quantitative estimate of drug-likeness (QED) is 0.860. The van der Waals surface area contributed by atoms with Gasteiger partial charge in [0, 0.05) is 24.4 Å². The Hall–Kier alpha value is -2.44. The largest absolute Gasteiger partial charge is 0.481 e. The second-order valence-corrected chi connectivity index (χ2v) is 3.99. The monoisotopic (exact) mass is 275 g/mol. The number of hydrogen-bond donors (Lipinski definition) is 1. The van der Waals surface area contributed by atoms with Crippen molar-refractivity contribution in [1.82, 2.24) is 19.9 Å². The summed E-state index contributed by atoms with van der Waals surface area (Å²) in [4.78, 5) is 16.9. The van der Waals surface area contributed by atoms with E-state index >= 15 is 0 Å². The molecule has 106 valence electrons. The number of anilines is 1. The van der Waals surface area contributed by atoms with Gasteiger partial charge in [0.15, 0.2) is 5.82 Å². The van der Waals surface area contributed by atoms with E-state index in [0.717, 1.165) is 18.5 Å². The van der Waals surface area contributed by atoms with Crippen molar-refractivity contribution in [2.75, 3.05) is 26.1 Å². The van der Waals surface area contributed by atoms with Crippen LogP contribution in [0.3, 0.4) is 0 Å². The molecule has 0 unspecified atom stereocenters. The molecule has 0 aliphatic heterocycles. The topological polar surface area (TPSA) is 82.1 Å². The van der Waals surface area contributed by atoms with Crippen molar-refractivity contribution in [2.24, 2.45) is 0 Å². The smallest absolute Gasteiger partial charge is 0.321 e. The van der Waals surface area contributed by atoms with E-state index in [2.05, 4.69) is 32.2 Å². The maximum atomic E-state index is 5.09. The summed E-state index contributed by atoms with van der Waals surface area (Å²) < 4.78 is 10.1. The number of ether oxygens (including phenoxy) is 2. The van der Waals surface area contributed by atoms with Crippen LogP contribution in [-0.2, 0) is 0 Å². The molecule has 7 nitrogen and oxygen atoms in total. The van der Waals surface area contributed by atoms with Gasteiger partial charge in [-0.15, -0.1) is 0 Å². The van der Waals surface area contributed by atoms with Crippen molar-refractivity contribution in [1.29, 1.82) is 0 Å². The van der Waals surface area contributed by atoms with Crippen molar-refractivity contribution in [3.8, 4) is 23.3 Å².